The Balaban J connectivity index is 1.70. The lowest BCUT2D eigenvalue weighted by Crippen LogP contribution is -2.17. The van der Waals surface area contributed by atoms with Crippen molar-refractivity contribution in [1.29, 1.82) is 0 Å². The fourth-order valence-electron chi connectivity index (χ4n) is 2.02. The monoisotopic (exact) mass is 278 g/mol. The maximum Gasteiger partial charge on any atom is 0.271 e. The highest BCUT2D eigenvalue weighted by molar-refractivity contribution is 5.94. The second kappa shape index (κ2) is 5.58. The van der Waals surface area contributed by atoms with Crippen molar-refractivity contribution in [1.82, 2.24) is 14.8 Å². The van der Waals surface area contributed by atoms with Gasteiger partial charge in [-0.05, 0) is 31.2 Å². The van der Waals surface area contributed by atoms with Crippen molar-refractivity contribution in [2.75, 3.05) is 0 Å². The minimum Gasteiger partial charge on any atom is -0.306 e. The van der Waals surface area contributed by atoms with Gasteiger partial charge in [0.15, 0.2) is 0 Å². The van der Waals surface area contributed by atoms with E-state index in [0.717, 1.165) is 11.2 Å². The van der Waals surface area contributed by atoms with Crippen LogP contribution in [0.2, 0.25) is 0 Å². The average molecular weight is 278 g/mol. The molecule has 2 heterocycles. The smallest absolute Gasteiger partial charge is 0.271 e. The largest absolute Gasteiger partial charge is 0.306 e. The molecule has 0 fully saturated rings. The molecule has 1 amide bonds. The number of aryl methyl sites for hydroxylation is 1. The molecule has 0 saturated heterocycles. The molecule has 3 aromatic rings. The number of pyridine rings is 1. The van der Waals surface area contributed by atoms with Gasteiger partial charge in [0.2, 0.25) is 0 Å². The zero-order valence-corrected chi connectivity index (χ0v) is 11.5. The molecule has 0 aliphatic carbocycles. The highest BCUT2D eigenvalue weighted by atomic mass is 16.2. The van der Waals surface area contributed by atoms with Gasteiger partial charge in [-0.3, -0.25) is 4.79 Å². The number of hydrogen-bond acceptors (Lipinski definition) is 3. The van der Waals surface area contributed by atoms with Crippen LogP contribution in [0.1, 0.15) is 21.6 Å². The van der Waals surface area contributed by atoms with Crippen molar-refractivity contribution < 1.29 is 4.79 Å². The van der Waals surface area contributed by atoms with E-state index in [4.69, 9.17) is 0 Å². The number of aromatic nitrogens is 2. The fraction of sp³-hybridized carbons (Fsp3) is 0.0625. The predicted octanol–water partition coefficient (Wildman–Crippen LogP) is 2.41. The maximum absolute atomic E-state index is 11.9. The van der Waals surface area contributed by atoms with Crippen LogP contribution < -0.4 is 5.43 Å². The van der Waals surface area contributed by atoms with Gasteiger partial charge in [0, 0.05) is 18.0 Å². The molecule has 0 spiro atoms. The Bertz CT molecular complexity index is 787. The molecule has 3 rings (SSSR count). The van der Waals surface area contributed by atoms with Crippen LogP contribution in [0.3, 0.4) is 0 Å². The molecule has 0 aliphatic rings. The third-order valence-electron chi connectivity index (χ3n) is 3.03. The van der Waals surface area contributed by atoms with Crippen molar-refractivity contribution >= 4 is 17.8 Å². The molecule has 0 atom stereocenters. The number of carbonyl (C=O) groups is 1. The van der Waals surface area contributed by atoms with Gasteiger partial charge in [-0.25, -0.2) is 10.4 Å². The summed E-state index contributed by atoms with van der Waals surface area (Å²) in [5, 5.41) is 3.94. The van der Waals surface area contributed by atoms with E-state index in [2.05, 4.69) is 15.5 Å². The molecule has 0 radical (unpaired) electrons. The molecule has 2 aromatic heterocycles. The van der Waals surface area contributed by atoms with Crippen molar-refractivity contribution in [3.8, 4) is 0 Å². The van der Waals surface area contributed by atoms with E-state index in [0.29, 0.717) is 11.3 Å². The molecule has 0 bridgehead atoms. The van der Waals surface area contributed by atoms with Gasteiger partial charge in [0.05, 0.1) is 6.21 Å². The first-order valence-electron chi connectivity index (χ1n) is 6.56. The number of carbonyl (C=O) groups excluding carboxylic acids is 1. The van der Waals surface area contributed by atoms with Crippen LogP contribution in [0.4, 0.5) is 0 Å². The lowest BCUT2D eigenvalue weighted by atomic mass is 10.1. The second-order valence-electron chi connectivity index (χ2n) is 4.70. The second-order valence-corrected chi connectivity index (χ2v) is 4.70. The summed E-state index contributed by atoms with van der Waals surface area (Å²) in [6.45, 7) is 1.94. The number of hydrogen-bond donors (Lipinski definition) is 1. The molecule has 5 heteroatoms. The molecule has 104 valence electrons. The summed E-state index contributed by atoms with van der Waals surface area (Å²) < 4.78 is 1.89. The van der Waals surface area contributed by atoms with Gasteiger partial charge in [-0.1, -0.05) is 23.8 Å². The third-order valence-corrected chi connectivity index (χ3v) is 3.03. The van der Waals surface area contributed by atoms with Crippen LogP contribution in [-0.4, -0.2) is 21.5 Å². The number of rotatable bonds is 3. The molecule has 1 aromatic carbocycles. The number of benzene rings is 1. The number of imidazole rings is 1. The van der Waals surface area contributed by atoms with E-state index >= 15 is 0 Å². The zero-order valence-electron chi connectivity index (χ0n) is 11.5. The summed E-state index contributed by atoms with van der Waals surface area (Å²) >= 11 is 0. The van der Waals surface area contributed by atoms with E-state index in [1.807, 2.05) is 60.1 Å². The van der Waals surface area contributed by atoms with Crippen LogP contribution in [-0.2, 0) is 0 Å². The Kier molecular flexibility index (Phi) is 3.47. The molecule has 5 nitrogen and oxygen atoms in total. The summed E-state index contributed by atoms with van der Waals surface area (Å²) in [5.74, 6) is -0.237. The van der Waals surface area contributed by atoms with Crippen LogP contribution in [0, 0.1) is 6.92 Å². The van der Waals surface area contributed by atoms with Gasteiger partial charge < -0.3 is 4.40 Å². The van der Waals surface area contributed by atoms with Gasteiger partial charge in [-0.15, -0.1) is 0 Å². The Morgan fingerprint density at radius 1 is 1.29 bits per heavy atom. The Hall–Kier alpha value is -2.95. The standard InChI is InChI=1S/C16H14N4O/c1-12-5-4-6-13(9-12)16(21)19-17-10-14-11-20-8-3-2-7-15(20)18-14/h2-11H,1H3,(H,19,21)/b17-10-. The van der Waals surface area contributed by atoms with Crippen LogP contribution in [0.5, 0.6) is 0 Å². The number of nitrogens with one attached hydrogen (secondary N) is 1. The number of amides is 1. The average Bonchev–Trinajstić information content (AvgIpc) is 2.89. The minimum atomic E-state index is -0.237. The van der Waals surface area contributed by atoms with Gasteiger partial charge >= 0.3 is 0 Å². The van der Waals surface area contributed by atoms with E-state index in [-0.39, 0.29) is 5.91 Å². The molecule has 0 saturated carbocycles. The SMILES string of the molecule is Cc1cccc(C(=O)N/N=C\c2cn3ccccc3n2)c1. The van der Waals surface area contributed by atoms with Gasteiger partial charge in [0.25, 0.3) is 5.91 Å². The summed E-state index contributed by atoms with van der Waals surface area (Å²) in [6.07, 6.45) is 5.28. The van der Waals surface area contributed by atoms with Crippen LogP contribution in [0.15, 0.2) is 60.0 Å². The van der Waals surface area contributed by atoms with E-state index in [1.165, 1.54) is 6.21 Å². The molecule has 0 aliphatic heterocycles. The molecule has 1 N–H and O–H groups in total. The van der Waals surface area contributed by atoms with E-state index < -0.39 is 0 Å². The lowest BCUT2D eigenvalue weighted by Gasteiger charge is -2.00. The highest BCUT2D eigenvalue weighted by Gasteiger charge is 2.03. The van der Waals surface area contributed by atoms with Crippen molar-refractivity contribution in [2.24, 2.45) is 5.10 Å². The number of fused-ring (bicyclic) bond motifs is 1. The zero-order chi connectivity index (χ0) is 14.7. The Labute approximate surface area is 121 Å². The Morgan fingerprint density at radius 3 is 3.00 bits per heavy atom. The number of nitrogens with zero attached hydrogens (tertiary/aromatic N) is 3. The van der Waals surface area contributed by atoms with Crippen molar-refractivity contribution in [2.45, 2.75) is 6.92 Å². The molecule has 0 unspecified atom stereocenters. The summed E-state index contributed by atoms with van der Waals surface area (Å²) in [5.41, 5.74) is 5.64. The summed E-state index contributed by atoms with van der Waals surface area (Å²) in [6, 6.07) is 13.1. The quantitative estimate of drug-likeness (QED) is 0.591. The maximum atomic E-state index is 11.9. The van der Waals surface area contributed by atoms with E-state index in [1.54, 1.807) is 6.07 Å². The third kappa shape index (κ3) is 2.97. The highest BCUT2D eigenvalue weighted by Crippen LogP contribution is 2.04. The van der Waals surface area contributed by atoms with Crippen LogP contribution >= 0.6 is 0 Å². The first-order chi connectivity index (χ1) is 10.2. The number of hydrazone groups is 1. The normalized spacial score (nSPS) is 11.1. The molecular formula is C16H14N4O. The minimum absolute atomic E-state index is 0.237. The lowest BCUT2D eigenvalue weighted by molar-refractivity contribution is 0.0955. The Morgan fingerprint density at radius 2 is 2.19 bits per heavy atom. The van der Waals surface area contributed by atoms with Gasteiger partial charge in [-0.2, -0.15) is 5.10 Å². The summed E-state index contributed by atoms with van der Waals surface area (Å²) in [7, 11) is 0. The van der Waals surface area contributed by atoms with Crippen molar-refractivity contribution in [3.63, 3.8) is 0 Å². The molecule has 21 heavy (non-hydrogen) atoms. The fourth-order valence-corrected chi connectivity index (χ4v) is 2.02. The van der Waals surface area contributed by atoms with Crippen molar-refractivity contribution in [3.05, 3.63) is 71.7 Å². The molecular weight excluding hydrogens is 264 g/mol. The first kappa shape index (κ1) is 13.1. The summed E-state index contributed by atoms with van der Waals surface area (Å²) in [4.78, 5) is 16.3. The first-order valence-corrected chi connectivity index (χ1v) is 6.56. The predicted molar refractivity (Wildman–Crippen MR) is 81.4 cm³/mol. The topological polar surface area (TPSA) is 58.8 Å². The van der Waals surface area contributed by atoms with Crippen LogP contribution in [0.25, 0.3) is 5.65 Å². The van der Waals surface area contributed by atoms with Gasteiger partial charge in [0.1, 0.15) is 11.3 Å². The van der Waals surface area contributed by atoms with E-state index in [9.17, 15) is 4.79 Å².